The van der Waals surface area contributed by atoms with Gasteiger partial charge in [-0.2, -0.15) is 0 Å². The summed E-state index contributed by atoms with van der Waals surface area (Å²) in [5, 5.41) is 3.55. The van der Waals surface area contributed by atoms with E-state index < -0.39 is 5.41 Å². The van der Waals surface area contributed by atoms with Crippen molar-refractivity contribution in [2.75, 3.05) is 31.1 Å². The van der Waals surface area contributed by atoms with Crippen LogP contribution in [0.25, 0.3) is 0 Å². The van der Waals surface area contributed by atoms with Gasteiger partial charge in [0.25, 0.3) is 0 Å². The van der Waals surface area contributed by atoms with E-state index >= 15 is 0 Å². The Labute approximate surface area is 196 Å². The van der Waals surface area contributed by atoms with Crippen molar-refractivity contribution in [1.82, 2.24) is 5.32 Å². The molecule has 2 unspecified atom stereocenters. The number of para-hydroxylation sites is 1. The standard InChI is InChI=1S/C29H33N3O/c30-28(33)29(23-11-3-1-4-12-23,24-13-5-2-6-14-24)26-17-19-32(21-22-10-9-18-31-20-22)27-16-8-7-15-25(26)27/h1-8,11-16,22,26,31H,9-10,17-21H2,(H2,30,33). The number of fused-ring (bicyclic) bond motifs is 1. The number of hydrogen-bond acceptors (Lipinski definition) is 3. The monoisotopic (exact) mass is 439 g/mol. The minimum absolute atomic E-state index is 0.0308. The summed E-state index contributed by atoms with van der Waals surface area (Å²) in [5.74, 6) is 0.342. The Bertz CT molecular complexity index is 1040. The van der Waals surface area contributed by atoms with Gasteiger partial charge in [-0.3, -0.25) is 4.79 Å². The maximum absolute atomic E-state index is 13.5. The summed E-state index contributed by atoms with van der Waals surface area (Å²) >= 11 is 0. The van der Waals surface area contributed by atoms with Crippen molar-refractivity contribution in [3.8, 4) is 0 Å². The Hall–Kier alpha value is -3.11. The lowest BCUT2D eigenvalue weighted by Crippen LogP contribution is -2.50. The maximum Gasteiger partial charge on any atom is 0.233 e. The summed E-state index contributed by atoms with van der Waals surface area (Å²) in [4.78, 5) is 16.1. The number of piperidine rings is 1. The van der Waals surface area contributed by atoms with Gasteiger partial charge in [-0.15, -0.1) is 0 Å². The zero-order valence-corrected chi connectivity index (χ0v) is 19.1. The molecule has 0 saturated carbocycles. The molecule has 4 nitrogen and oxygen atoms in total. The van der Waals surface area contributed by atoms with Crippen molar-refractivity contribution in [3.05, 3.63) is 102 Å². The largest absolute Gasteiger partial charge is 0.371 e. The summed E-state index contributed by atoms with van der Waals surface area (Å²) in [7, 11) is 0. The number of nitrogens with two attached hydrogens (primary N) is 1. The zero-order valence-electron chi connectivity index (χ0n) is 19.1. The molecule has 0 radical (unpaired) electrons. The van der Waals surface area contributed by atoms with E-state index in [-0.39, 0.29) is 11.8 Å². The predicted molar refractivity (Wildman–Crippen MR) is 134 cm³/mol. The van der Waals surface area contributed by atoms with E-state index in [1.54, 1.807) is 0 Å². The molecule has 170 valence electrons. The molecule has 1 saturated heterocycles. The van der Waals surface area contributed by atoms with Crippen LogP contribution in [0.15, 0.2) is 84.9 Å². The number of primary amides is 1. The van der Waals surface area contributed by atoms with E-state index in [0.29, 0.717) is 5.92 Å². The number of rotatable bonds is 6. The van der Waals surface area contributed by atoms with Gasteiger partial charge in [0.1, 0.15) is 5.41 Å². The minimum Gasteiger partial charge on any atom is -0.371 e. The van der Waals surface area contributed by atoms with E-state index in [0.717, 1.165) is 43.7 Å². The van der Waals surface area contributed by atoms with E-state index in [9.17, 15) is 4.79 Å². The van der Waals surface area contributed by atoms with Crippen LogP contribution in [-0.2, 0) is 10.2 Å². The molecule has 2 aliphatic rings. The van der Waals surface area contributed by atoms with Crippen LogP contribution in [0.1, 0.15) is 41.9 Å². The molecule has 5 rings (SSSR count). The van der Waals surface area contributed by atoms with Gasteiger partial charge in [0, 0.05) is 24.7 Å². The Morgan fingerprint density at radius 1 is 0.909 bits per heavy atom. The minimum atomic E-state index is -0.920. The fraction of sp³-hybridized carbons (Fsp3) is 0.345. The van der Waals surface area contributed by atoms with Crippen LogP contribution >= 0.6 is 0 Å². The number of nitrogens with zero attached hydrogens (tertiary/aromatic N) is 1. The highest BCUT2D eigenvalue weighted by atomic mass is 16.1. The fourth-order valence-electron chi connectivity index (χ4n) is 6.09. The highest BCUT2D eigenvalue weighted by Gasteiger charge is 2.50. The van der Waals surface area contributed by atoms with Crippen LogP contribution in [0.2, 0.25) is 0 Å². The van der Waals surface area contributed by atoms with Gasteiger partial charge in [-0.05, 0) is 61.0 Å². The van der Waals surface area contributed by atoms with Gasteiger partial charge < -0.3 is 16.0 Å². The number of hydrogen-bond donors (Lipinski definition) is 2. The van der Waals surface area contributed by atoms with Crippen molar-refractivity contribution in [1.29, 1.82) is 0 Å². The molecule has 0 aromatic heterocycles. The van der Waals surface area contributed by atoms with Gasteiger partial charge in [0.15, 0.2) is 0 Å². The van der Waals surface area contributed by atoms with Gasteiger partial charge in [0.05, 0.1) is 0 Å². The molecule has 2 heterocycles. The highest BCUT2D eigenvalue weighted by molar-refractivity contribution is 5.93. The second kappa shape index (κ2) is 9.40. The van der Waals surface area contributed by atoms with E-state index in [1.165, 1.54) is 24.1 Å². The second-order valence-electron chi connectivity index (χ2n) is 9.46. The highest BCUT2D eigenvalue weighted by Crippen LogP contribution is 2.51. The van der Waals surface area contributed by atoms with Crippen molar-refractivity contribution >= 4 is 11.6 Å². The smallest absolute Gasteiger partial charge is 0.233 e. The summed E-state index contributed by atoms with van der Waals surface area (Å²) in [5.41, 5.74) is 9.83. The van der Waals surface area contributed by atoms with E-state index in [2.05, 4.69) is 58.7 Å². The first-order chi connectivity index (χ1) is 16.2. The molecule has 0 aliphatic carbocycles. The first-order valence-electron chi connectivity index (χ1n) is 12.2. The van der Waals surface area contributed by atoms with Gasteiger partial charge in [0.2, 0.25) is 5.91 Å². The molecule has 1 amide bonds. The molecule has 33 heavy (non-hydrogen) atoms. The number of benzene rings is 3. The van der Waals surface area contributed by atoms with Crippen LogP contribution in [0.4, 0.5) is 5.69 Å². The summed E-state index contributed by atoms with van der Waals surface area (Å²) in [6.45, 7) is 4.19. The van der Waals surface area contributed by atoms with Crippen LogP contribution < -0.4 is 16.0 Å². The summed E-state index contributed by atoms with van der Waals surface area (Å²) in [6, 6.07) is 28.9. The molecule has 3 aromatic rings. The van der Waals surface area contributed by atoms with E-state index in [4.69, 9.17) is 5.73 Å². The zero-order chi connectivity index (χ0) is 22.7. The SMILES string of the molecule is NC(=O)C(c1ccccc1)(c1ccccc1)C1CCN(CC2CCCNC2)c2ccccc21. The van der Waals surface area contributed by atoms with E-state index in [1.807, 2.05) is 36.4 Å². The van der Waals surface area contributed by atoms with Crippen LogP contribution in [0, 0.1) is 5.92 Å². The lowest BCUT2D eigenvalue weighted by Gasteiger charge is -2.46. The van der Waals surface area contributed by atoms with Crippen molar-refractivity contribution in [3.63, 3.8) is 0 Å². The molecular formula is C29H33N3O. The molecule has 0 bridgehead atoms. The molecule has 3 aromatic carbocycles. The van der Waals surface area contributed by atoms with Crippen molar-refractivity contribution in [2.45, 2.75) is 30.6 Å². The number of amides is 1. The van der Waals surface area contributed by atoms with Crippen molar-refractivity contribution in [2.24, 2.45) is 11.7 Å². The third-order valence-electron chi connectivity index (χ3n) is 7.59. The van der Waals surface area contributed by atoms with Gasteiger partial charge in [-0.25, -0.2) is 0 Å². The molecule has 2 aliphatic heterocycles. The normalized spacial score (nSPS) is 20.8. The van der Waals surface area contributed by atoms with Crippen LogP contribution in [0.5, 0.6) is 0 Å². The second-order valence-corrected chi connectivity index (χ2v) is 9.46. The number of carbonyl (C=O) groups excluding carboxylic acids is 1. The van der Waals surface area contributed by atoms with Crippen LogP contribution in [-0.4, -0.2) is 32.1 Å². The Morgan fingerprint density at radius 2 is 1.55 bits per heavy atom. The summed E-state index contributed by atoms with van der Waals surface area (Å²) in [6.07, 6.45) is 3.40. The average Bonchev–Trinajstić information content (AvgIpc) is 2.87. The maximum atomic E-state index is 13.5. The van der Waals surface area contributed by atoms with Gasteiger partial charge in [-0.1, -0.05) is 78.9 Å². The summed E-state index contributed by atoms with van der Waals surface area (Å²) < 4.78 is 0. The molecule has 4 heteroatoms. The Kier molecular flexibility index (Phi) is 6.19. The lowest BCUT2D eigenvalue weighted by molar-refractivity contribution is -0.123. The molecule has 0 spiro atoms. The molecule has 3 N–H and O–H groups in total. The topological polar surface area (TPSA) is 58.4 Å². The van der Waals surface area contributed by atoms with Gasteiger partial charge >= 0.3 is 0 Å². The number of nitrogens with one attached hydrogen (secondary N) is 1. The van der Waals surface area contributed by atoms with Crippen molar-refractivity contribution < 1.29 is 4.79 Å². The number of carbonyl (C=O) groups is 1. The Balaban J connectivity index is 1.62. The third kappa shape index (κ3) is 3.93. The lowest BCUT2D eigenvalue weighted by atomic mass is 9.61. The van der Waals surface area contributed by atoms with Crippen LogP contribution in [0.3, 0.4) is 0 Å². The Morgan fingerprint density at radius 3 is 2.15 bits per heavy atom. The molecule has 2 atom stereocenters. The average molecular weight is 440 g/mol. The molecular weight excluding hydrogens is 406 g/mol. The fourth-order valence-corrected chi connectivity index (χ4v) is 6.09. The number of anilines is 1. The molecule has 1 fully saturated rings. The first-order valence-corrected chi connectivity index (χ1v) is 12.2. The first kappa shape index (κ1) is 21.7. The quantitative estimate of drug-likeness (QED) is 0.597. The predicted octanol–water partition coefficient (Wildman–Crippen LogP) is 4.45. The third-order valence-corrected chi connectivity index (χ3v) is 7.59.